The van der Waals surface area contributed by atoms with Crippen molar-refractivity contribution in [3.05, 3.63) is 41.6 Å². The lowest BCUT2D eigenvalue weighted by atomic mass is 10.2. The average Bonchev–Trinajstić information content (AvgIpc) is 2.56. The van der Waals surface area contributed by atoms with E-state index in [1.165, 1.54) is 0 Å². The summed E-state index contributed by atoms with van der Waals surface area (Å²) in [5, 5.41) is 12.1. The fraction of sp³-hybridized carbons (Fsp3) is 0.312. The molecule has 0 unspecified atom stereocenters. The monoisotopic (exact) mass is 295 g/mol. The van der Waals surface area contributed by atoms with Crippen LogP contribution in [0, 0.1) is 18.3 Å². The van der Waals surface area contributed by atoms with Crippen LogP contribution in [0.25, 0.3) is 0 Å². The van der Waals surface area contributed by atoms with Crippen molar-refractivity contribution in [2.45, 2.75) is 6.92 Å². The highest BCUT2D eigenvalue weighted by Gasteiger charge is 2.15. The molecule has 1 aliphatic rings. The molecule has 22 heavy (non-hydrogen) atoms. The second-order valence-electron chi connectivity index (χ2n) is 5.11. The molecule has 1 fully saturated rings. The first-order valence-electron chi connectivity index (χ1n) is 7.20. The maximum absolute atomic E-state index is 8.83. The number of nitriles is 1. The number of benzene rings is 1. The van der Waals surface area contributed by atoms with Gasteiger partial charge in [-0.2, -0.15) is 10.2 Å². The number of nitrogens with zero attached hydrogens (tertiary/aromatic N) is 4. The predicted octanol–water partition coefficient (Wildman–Crippen LogP) is 2.24. The van der Waals surface area contributed by atoms with Crippen LogP contribution in [0.2, 0.25) is 0 Å². The second-order valence-corrected chi connectivity index (χ2v) is 5.11. The minimum atomic E-state index is 0.637. The van der Waals surface area contributed by atoms with Gasteiger partial charge in [0.15, 0.2) is 0 Å². The molecule has 0 aliphatic carbocycles. The molecule has 6 nitrogen and oxygen atoms in total. The second kappa shape index (κ2) is 6.41. The van der Waals surface area contributed by atoms with E-state index in [-0.39, 0.29) is 0 Å². The third-order valence-electron chi connectivity index (χ3n) is 3.42. The van der Waals surface area contributed by atoms with Crippen molar-refractivity contribution in [1.82, 2.24) is 9.97 Å². The predicted molar refractivity (Wildman–Crippen MR) is 84.2 cm³/mol. The van der Waals surface area contributed by atoms with E-state index in [0.717, 1.165) is 36.2 Å². The number of aryl methyl sites for hydroxylation is 1. The van der Waals surface area contributed by atoms with Crippen molar-refractivity contribution in [2.24, 2.45) is 0 Å². The van der Waals surface area contributed by atoms with Gasteiger partial charge in [-0.15, -0.1) is 0 Å². The van der Waals surface area contributed by atoms with Crippen LogP contribution in [-0.2, 0) is 4.74 Å². The molecule has 3 rings (SSSR count). The van der Waals surface area contributed by atoms with E-state index in [1.807, 2.05) is 25.1 Å². The SMILES string of the molecule is Cc1cc(Nc2ccc(C#N)cc2)nc(N2CCOCC2)n1. The largest absolute Gasteiger partial charge is 0.378 e. The van der Waals surface area contributed by atoms with Gasteiger partial charge in [-0.25, -0.2) is 4.98 Å². The highest BCUT2D eigenvalue weighted by atomic mass is 16.5. The molecule has 1 aromatic carbocycles. The van der Waals surface area contributed by atoms with Gasteiger partial charge in [0.25, 0.3) is 0 Å². The fourth-order valence-electron chi connectivity index (χ4n) is 2.30. The summed E-state index contributed by atoms with van der Waals surface area (Å²) in [7, 11) is 0. The van der Waals surface area contributed by atoms with Crippen molar-refractivity contribution < 1.29 is 4.74 Å². The maximum atomic E-state index is 8.83. The maximum Gasteiger partial charge on any atom is 0.227 e. The molecule has 1 aromatic heterocycles. The van der Waals surface area contributed by atoms with Gasteiger partial charge in [0.2, 0.25) is 5.95 Å². The summed E-state index contributed by atoms with van der Waals surface area (Å²) in [6.45, 7) is 4.97. The van der Waals surface area contributed by atoms with Crippen molar-refractivity contribution >= 4 is 17.5 Å². The Bertz CT molecular complexity index is 687. The zero-order chi connectivity index (χ0) is 15.4. The zero-order valence-corrected chi connectivity index (χ0v) is 12.4. The lowest BCUT2D eigenvalue weighted by Crippen LogP contribution is -2.37. The van der Waals surface area contributed by atoms with Gasteiger partial charge < -0.3 is 15.0 Å². The van der Waals surface area contributed by atoms with Crippen LogP contribution in [0.15, 0.2) is 30.3 Å². The number of hydrogen-bond acceptors (Lipinski definition) is 6. The Hall–Kier alpha value is -2.65. The van der Waals surface area contributed by atoms with Gasteiger partial charge in [0.1, 0.15) is 5.82 Å². The summed E-state index contributed by atoms with van der Waals surface area (Å²) in [6, 6.07) is 11.3. The molecule has 2 aromatic rings. The molecule has 112 valence electrons. The van der Waals surface area contributed by atoms with E-state index >= 15 is 0 Å². The smallest absolute Gasteiger partial charge is 0.227 e. The summed E-state index contributed by atoms with van der Waals surface area (Å²) < 4.78 is 5.36. The summed E-state index contributed by atoms with van der Waals surface area (Å²) >= 11 is 0. The summed E-state index contributed by atoms with van der Waals surface area (Å²) in [5.41, 5.74) is 2.44. The molecule has 0 amide bonds. The Balaban J connectivity index is 1.80. The Morgan fingerprint density at radius 2 is 1.91 bits per heavy atom. The Morgan fingerprint density at radius 3 is 2.59 bits per heavy atom. The topological polar surface area (TPSA) is 74.1 Å². The highest BCUT2D eigenvalue weighted by molar-refractivity contribution is 5.58. The number of aromatic nitrogens is 2. The minimum absolute atomic E-state index is 0.637. The molecule has 0 atom stereocenters. The molecular formula is C16H17N5O. The highest BCUT2D eigenvalue weighted by Crippen LogP contribution is 2.19. The first kappa shape index (κ1) is 14.3. The lowest BCUT2D eigenvalue weighted by Gasteiger charge is -2.27. The first-order chi connectivity index (χ1) is 10.7. The van der Waals surface area contributed by atoms with Crippen LogP contribution >= 0.6 is 0 Å². The fourth-order valence-corrected chi connectivity index (χ4v) is 2.30. The number of rotatable bonds is 3. The quantitative estimate of drug-likeness (QED) is 0.936. The van der Waals surface area contributed by atoms with Crippen molar-refractivity contribution in [3.8, 4) is 6.07 Å². The number of anilines is 3. The van der Waals surface area contributed by atoms with Crippen LogP contribution in [0.1, 0.15) is 11.3 Å². The normalized spacial score (nSPS) is 14.5. The molecule has 0 bridgehead atoms. The van der Waals surface area contributed by atoms with Gasteiger partial charge in [-0.3, -0.25) is 0 Å². The Kier molecular flexibility index (Phi) is 4.17. The molecule has 2 heterocycles. The molecule has 0 radical (unpaired) electrons. The van der Waals surface area contributed by atoms with Crippen molar-refractivity contribution in [1.29, 1.82) is 5.26 Å². The Labute approximate surface area is 129 Å². The van der Waals surface area contributed by atoms with Crippen molar-refractivity contribution in [3.63, 3.8) is 0 Å². The summed E-state index contributed by atoms with van der Waals surface area (Å²) in [6.07, 6.45) is 0. The third kappa shape index (κ3) is 3.32. The van der Waals surface area contributed by atoms with Gasteiger partial charge in [0.05, 0.1) is 24.8 Å². The average molecular weight is 295 g/mol. The molecule has 0 spiro atoms. The number of morpholine rings is 1. The summed E-state index contributed by atoms with van der Waals surface area (Å²) in [5.74, 6) is 1.47. The van der Waals surface area contributed by atoms with Gasteiger partial charge in [-0.1, -0.05) is 0 Å². The number of hydrogen-bond donors (Lipinski definition) is 1. The lowest BCUT2D eigenvalue weighted by molar-refractivity contribution is 0.122. The molecule has 1 saturated heterocycles. The van der Waals surface area contributed by atoms with Gasteiger partial charge in [-0.05, 0) is 31.2 Å². The minimum Gasteiger partial charge on any atom is -0.378 e. The first-order valence-corrected chi connectivity index (χ1v) is 7.20. The number of ether oxygens (including phenoxy) is 1. The van der Waals surface area contributed by atoms with E-state index in [2.05, 4.69) is 26.3 Å². The van der Waals surface area contributed by atoms with Gasteiger partial charge >= 0.3 is 0 Å². The third-order valence-corrected chi connectivity index (χ3v) is 3.42. The van der Waals surface area contributed by atoms with Crippen LogP contribution in [0.4, 0.5) is 17.5 Å². The summed E-state index contributed by atoms with van der Waals surface area (Å²) in [4.78, 5) is 11.2. The van der Waals surface area contributed by atoms with Crippen molar-refractivity contribution in [2.75, 3.05) is 36.5 Å². The van der Waals surface area contributed by atoms with Crippen LogP contribution < -0.4 is 10.2 Å². The molecule has 6 heteroatoms. The number of nitrogens with one attached hydrogen (secondary N) is 1. The Morgan fingerprint density at radius 1 is 1.18 bits per heavy atom. The molecule has 1 N–H and O–H groups in total. The van der Waals surface area contributed by atoms with Crippen LogP contribution in [0.3, 0.4) is 0 Å². The van der Waals surface area contributed by atoms with E-state index in [0.29, 0.717) is 18.8 Å². The standard InChI is InChI=1S/C16H17N5O/c1-12-10-15(19-14-4-2-13(11-17)3-5-14)20-16(18-12)21-6-8-22-9-7-21/h2-5,10H,6-9H2,1H3,(H,18,19,20). The van der Waals surface area contributed by atoms with E-state index in [1.54, 1.807) is 12.1 Å². The van der Waals surface area contributed by atoms with Crippen LogP contribution in [0.5, 0.6) is 0 Å². The molecular weight excluding hydrogens is 278 g/mol. The van der Waals surface area contributed by atoms with Gasteiger partial charge in [0, 0.05) is 30.5 Å². The van der Waals surface area contributed by atoms with E-state index in [9.17, 15) is 0 Å². The van der Waals surface area contributed by atoms with E-state index < -0.39 is 0 Å². The van der Waals surface area contributed by atoms with Crippen LogP contribution in [-0.4, -0.2) is 36.3 Å². The zero-order valence-electron chi connectivity index (χ0n) is 12.4. The van der Waals surface area contributed by atoms with E-state index in [4.69, 9.17) is 10.00 Å². The molecule has 1 aliphatic heterocycles. The molecule has 0 saturated carbocycles.